The van der Waals surface area contributed by atoms with Crippen molar-refractivity contribution in [3.05, 3.63) is 66.2 Å². The predicted molar refractivity (Wildman–Crippen MR) is 96.3 cm³/mol. The molecule has 1 aromatic heterocycles. The van der Waals surface area contributed by atoms with Gasteiger partial charge in [-0.1, -0.05) is 53.8 Å². The maximum atomic E-state index is 4.58. The van der Waals surface area contributed by atoms with Crippen molar-refractivity contribution in [3.63, 3.8) is 0 Å². The summed E-state index contributed by atoms with van der Waals surface area (Å²) < 4.78 is 2.19. The summed E-state index contributed by atoms with van der Waals surface area (Å²) in [7, 11) is 2.08. The van der Waals surface area contributed by atoms with Crippen LogP contribution < -0.4 is 0 Å². The van der Waals surface area contributed by atoms with Crippen LogP contribution in [0.1, 0.15) is 0 Å². The molecule has 0 saturated carbocycles. The van der Waals surface area contributed by atoms with Crippen molar-refractivity contribution in [3.8, 4) is 11.3 Å². The van der Waals surface area contributed by atoms with Gasteiger partial charge in [0.25, 0.3) is 0 Å². The molecular formula is C18H16N4S. The molecule has 0 aliphatic carbocycles. The van der Waals surface area contributed by atoms with Gasteiger partial charge < -0.3 is 4.57 Å². The van der Waals surface area contributed by atoms with Gasteiger partial charge in [-0.25, -0.2) is 5.01 Å². The van der Waals surface area contributed by atoms with Gasteiger partial charge in [0.05, 0.1) is 17.1 Å². The highest BCUT2D eigenvalue weighted by atomic mass is 32.2. The molecule has 0 bridgehead atoms. The smallest absolute Gasteiger partial charge is 0.121 e. The summed E-state index contributed by atoms with van der Waals surface area (Å²) in [6.45, 7) is 0. The minimum absolute atomic E-state index is 0.814. The van der Waals surface area contributed by atoms with Crippen LogP contribution in [0.2, 0.25) is 0 Å². The Morgan fingerprint density at radius 1 is 1.00 bits per heavy atom. The Bertz CT molecular complexity index is 896. The topological polar surface area (TPSA) is 32.9 Å². The first-order valence-corrected chi connectivity index (χ1v) is 8.49. The first-order chi connectivity index (χ1) is 11.3. The molecule has 23 heavy (non-hydrogen) atoms. The van der Waals surface area contributed by atoms with Crippen molar-refractivity contribution in [1.82, 2.24) is 9.58 Å². The van der Waals surface area contributed by atoms with E-state index in [1.54, 1.807) is 11.8 Å². The fraction of sp³-hybridized carbons (Fsp3) is 0.111. The lowest BCUT2D eigenvalue weighted by Gasteiger charge is -2.07. The van der Waals surface area contributed by atoms with Gasteiger partial charge in [0.1, 0.15) is 5.69 Å². The van der Waals surface area contributed by atoms with Crippen molar-refractivity contribution in [2.75, 3.05) is 5.88 Å². The van der Waals surface area contributed by atoms with Crippen LogP contribution in [0.5, 0.6) is 0 Å². The van der Waals surface area contributed by atoms with E-state index in [9.17, 15) is 0 Å². The number of fused-ring (bicyclic) bond motifs is 1. The summed E-state index contributed by atoms with van der Waals surface area (Å²) in [5.74, 6) is 0.814. The third-order valence-electron chi connectivity index (χ3n) is 3.92. The van der Waals surface area contributed by atoms with Crippen molar-refractivity contribution in [2.24, 2.45) is 17.4 Å². The molecule has 0 amide bonds. The Hall–Kier alpha value is -2.53. The van der Waals surface area contributed by atoms with Crippen LogP contribution in [0.15, 0.2) is 76.5 Å². The molecule has 2 aromatic carbocycles. The summed E-state index contributed by atoms with van der Waals surface area (Å²) in [6.07, 6.45) is 1.95. The zero-order valence-corrected chi connectivity index (χ0v) is 13.6. The number of hydrogen-bond donors (Lipinski definition) is 0. The maximum absolute atomic E-state index is 4.58. The molecular weight excluding hydrogens is 304 g/mol. The van der Waals surface area contributed by atoms with E-state index in [1.165, 1.54) is 0 Å². The van der Waals surface area contributed by atoms with E-state index < -0.39 is 0 Å². The highest BCUT2D eigenvalue weighted by Crippen LogP contribution is 2.39. The first-order valence-electron chi connectivity index (χ1n) is 7.44. The summed E-state index contributed by atoms with van der Waals surface area (Å²) in [4.78, 5) is 0. The summed E-state index contributed by atoms with van der Waals surface area (Å²) in [5.41, 5.74) is 4.31. The molecule has 114 valence electrons. The Labute approximate surface area is 139 Å². The van der Waals surface area contributed by atoms with Crippen molar-refractivity contribution in [1.29, 1.82) is 0 Å². The second-order valence-corrected chi connectivity index (χ2v) is 6.21. The second kappa shape index (κ2) is 5.93. The van der Waals surface area contributed by atoms with Gasteiger partial charge in [-0.15, -0.1) is 16.9 Å². The van der Waals surface area contributed by atoms with E-state index in [2.05, 4.69) is 52.3 Å². The molecule has 0 fully saturated rings. The standard InChI is InChI=1S/C18H16N4S/c1-21-16-10-6-5-9-15(16)17(19-20-22-11-12-23-13-22)18(21)14-7-3-2-4-8-14/h2-12H,13H2,1H3. The second-order valence-electron chi connectivity index (χ2n) is 5.35. The molecule has 5 heteroatoms. The Morgan fingerprint density at radius 2 is 1.78 bits per heavy atom. The number of benzene rings is 2. The van der Waals surface area contributed by atoms with Gasteiger partial charge in [-0.3, -0.25) is 0 Å². The number of nitrogens with zero attached hydrogens (tertiary/aromatic N) is 4. The molecule has 0 N–H and O–H groups in total. The zero-order chi connectivity index (χ0) is 15.6. The van der Waals surface area contributed by atoms with Gasteiger partial charge in [-0.05, 0) is 11.5 Å². The van der Waals surface area contributed by atoms with Crippen LogP contribution in [0.25, 0.3) is 22.2 Å². The highest BCUT2D eigenvalue weighted by Gasteiger charge is 2.16. The van der Waals surface area contributed by atoms with Gasteiger partial charge in [0, 0.05) is 24.2 Å². The third kappa shape index (κ3) is 2.53. The normalized spacial score (nSPS) is 14.4. The molecule has 0 saturated heterocycles. The average Bonchev–Trinajstić information content (AvgIpc) is 3.21. The SMILES string of the molecule is Cn1c(-c2ccccc2)c(N=NN2C=CSC2)c2ccccc21. The monoisotopic (exact) mass is 320 g/mol. The molecule has 2 heterocycles. The fourth-order valence-corrected chi connectivity index (χ4v) is 3.44. The van der Waals surface area contributed by atoms with Crippen LogP contribution in [0.3, 0.4) is 0 Å². The number of hydrogen-bond acceptors (Lipinski definition) is 3. The quantitative estimate of drug-likeness (QED) is 0.612. The van der Waals surface area contributed by atoms with Crippen molar-refractivity contribution < 1.29 is 0 Å². The zero-order valence-electron chi connectivity index (χ0n) is 12.8. The summed E-state index contributed by atoms with van der Waals surface area (Å²) in [6, 6.07) is 18.7. The largest absolute Gasteiger partial charge is 0.342 e. The van der Waals surface area contributed by atoms with Crippen molar-refractivity contribution >= 4 is 28.4 Å². The lowest BCUT2D eigenvalue weighted by atomic mass is 10.1. The van der Waals surface area contributed by atoms with Crippen LogP contribution in [0.4, 0.5) is 5.69 Å². The van der Waals surface area contributed by atoms with E-state index in [-0.39, 0.29) is 0 Å². The van der Waals surface area contributed by atoms with Gasteiger partial charge in [0.15, 0.2) is 0 Å². The van der Waals surface area contributed by atoms with E-state index >= 15 is 0 Å². The van der Waals surface area contributed by atoms with Gasteiger partial charge in [0.2, 0.25) is 0 Å². The average molecular weight is 320 g/mol. The van der Waals surface area contributed by atoms with Crippen LogP contribution in [-0.4, -0.2) is 15.5 Å². The number of rotatable bonds is 3. The number of aryl methyl sites for hydroxylation is 1. The Kier molecular flexibility index (Phi) is 3.63. The molecule has 4 nitrogen and oxygen atoms in total. The van der Waals surface area contributed by atoms with Crippen LogP contribution in [-0.2, 0) is 7.05 Å². The summed E-state index contributed by atoms with van der Waals surface area (Å²) >= 11 is 1.71. The molecule has 1 aliphatic rings. The van der Waals surface area contributed by atoms with Crippen molar-refractivity contribution in [2.45, 2.75) is 0 Å². The van der Waals surface area contributed by atoms with Crippen LogP contribution >= 0.6 is 11.8 Å². The number of thioether (sulfide) groups is 1. The summed E-state index contributed by atoms with van der Waals surface area (Å²) in [5, 5.41) is 14.0. The molecule has 0 spiro atoms. The highest BCUT2D eigenvalue weighted by molar-refractivity contribution is 8.02. The van der Waals surface area contributed by atoms with E-state index in [0.29, 0.717) is 0 Å². The van der Waals surface area contributed by atoms with E-state index in [4.69, 9.17) is 0 Å². The Morgan fingerprint density at radius 3 is 2.57 bits per heavy atom. The lowest BCUT2D eigenvalue weighted by Crippen LogP contribution is -2.01. The minimum Gasteiger partial charge on any atom is -0.342 e. The Balaban J connectivity index is 1.91. The van der Waals surface area contributed by atoms with E-state index in [0.717, 1.165) is 33.7 Å². The molecule has 0 radical (unpaired) electrons. The molecule has 0 unspecified atom stereocenters. The lowest BCUT2D eigenvalue weighted by molar-refractivity contribution is 0.447. The van der Waals surface area contributed by atoms with E-state index in [1.807, 2.05) is 40.9 Å². The predicted octanol–water partition coefficient (Wildman–Crippen LogP) is 5.32. The molecule has 3 aromatic rings. The molecule has 4 rings (SSSR count). The molecule has 1 aliphatic heterocycles. The minimum atomic E-state index is 0.814. The van der Waals surface area contributed by atoms with Gasteiger partial charge >= 0.3 is 0 Å². The van der Waals surface area contributed by atoms with Gasteiger partial charge in [-0.2, -0.15) is 0 Å². The fourth-order valence-electron chi connectivity index (χ4n) is 2.83. The first kappa shape index (κ1) is 14.1. The molecule has 0 atom stereocenters. The van der Waals surface area contributed by atoms with Crippen LogP contribution in [0, 0.1) is 0 Å². The number of aromatic nitrogens is 1. The third-order valence-corrected chi connectivity index (χ3v) is 4.65. The number of para-hydroxylation sites is 1. The maximum Gasteiger partial charge on any atom is 0.121 e.